The average molecular weight is 310 g/mol. The fourth-order valence-corrected chi connectivity index (χ4v) is 2.02. The molecule has 4 heteroatoms. The summed E-state index contributed by atoms with van der Waals surface area (Å²) in [5, 5.41) is 5.67. The van der Waals surface area contributed by atoms with Crippen molar-refractivity contribution < 1.29 is 9.59 Å². The first kappa shape index (κ1) is 16.7. The van der Waals surface area contributed by atoms with E-state index in [2.05, 4.69) is 10.6 Å². The first-order chi connectivity index (χ1) is 10.9. The first-order valence-corrected chi connectivity index (χ1v) is 7.70. The summed E-state index contributed by atoms with van der Waals surface area (Å²) in [5.41, 5.74) is 3.59. The molecule has 0 atom stereocenters. The van der Waals surface area contributed by atoms with E-state index in [1.807, 2.05) is 45.0 Å². The molecule has 120 valence electrons. The van der Waals surface area contributed by atoms with Crippen LogP contribution in [0.3, 0.4) is 0 Å². The van der Waals surface area contributed by atoms with E-state index < -0.39 is 0 Å². The lowest BCUT2D eigenvalue weighted by Crippen LogP contribution is -2.18. The minimum Gasteiger partial charge on any atom is -0.326 e. The molecule has 0 aliphatic carbocycles. The van der Waals surface area contributed by atoms with Crippen LogP contribution in [0.5, 0.6) is 0 Å². The maximum Gasteiger partial charge on any atom is 0.228 e. The molecule has 2 N–H and O–H groups in total. The summed E-state index contributed by atoms with van der Waals surface area (Å²) in [6.45, 7) is 5.70. The van der Waals surface area contributed by atoms with E-state index >= 15 is 0 Å². The number of amides is 2. The van der Waals surface area contributed by atoms with Crippen LogP contribution in [-0.4, -0.2) is 11.8 Å². The molecule has 0 spiro atoms. The van der Waals surface area contributed by atoms with Gasteiger partial charge in [-0.1, -0.05) is 43.7 Å². The number of anilines is 2. The summed E-state index contributed by atoms with van der Waals surface area (Å²) in [5.74, 6) is -0.155. The molecule has 2 rings (SSSR count). The van der Waals surface area contributed by atoms with Crippen molar-refractivity contribution in [2.24, 2.45) is 5.92 Å². The summed E-state index contributed by atoms with van der Waals surface area (Å²) in [6.07, 6.45) is 0.339. The van der Waals surface area contributed by atoms with Crippen molar-refractivity contribution in [2.75, 3.05) is 10.6 Å². The smallest absolute Gasteiger partial charge is 0.228 e. The lowest BCUT2D eigenvalue weighted by molar-refractivity contribution is -0.119. The third-order valence-electron chi connectivity index (χ3n) is 3.45. The Morgan fingerprint density at radius 3 is 1.91 bits per heavy atom. The number of hydrogen-bond acceptors (Lipinski definition) is 2. The molecule has 4 nitrogen and oxygen atoms in total. The number of rotatable bonds is 5. The first-order valence-electron chi connectivity index (χ1n) is 7.70. The Morgan fingerprint density at radius 2 is 1.39 bits per heavy atom. The van der Waals surface area contributed by atoms with E-state index in [1.54, 1.807) is 24.3 Å². The van der Waals surface area contributed by atoms with Crippen LogP contribution in [0.15, 0.2) is 48.5 Å². The molecule has 0 aliphatic heterocycles. The molecule has 0 aromatic heterocycles. The van der Waals surface area contributed by atoms with Gasteiger partial charge in [0.05, 0.1) is 6.42 Å². The van der Waals surface area contributed by atoms with Gasteiger partial charge in [-0.15, -0.1) is 0 Å². The highest BCUT2D eigenvalue weighted by atomic mass is 16.2. The van der Waals surface area contributed by atoms with Gasteiger partial charge in [-0.3, -0.25) is 9.59 Å². The second-order valence-electron chi connectivity index (χ2n) is 5.93. The topological polar surface area (TPSA) is 58.2 Å². The molecule has 23 heavy (non-hydrogen) atoms. The van der Waals surface area contributed by atoms with Gasteiger partial charge in [0.15, 0.2) is 0 Å². The number of hydrogen-bond donors (Lipinski definition) is 2. The second-order valence-corrected chi connectivity index (χ2v) is 5.93. The van der Waals surface area contributed by atoms with Crippen molar-refractivity contribution in [3.8, 4) is 0 Å². The Kier molecular flexibility index (Phi) is 5.52. The molecule has 0 heterocycles. The fourth-order valence-electron chi connectivity index (χ4n) is 2.02. The van der Waals surface area contributed by atoms with Gasteiger partial charge in [0, 0.05) is 17.3 Å². The number of carbonyl (C=O) groups excluding carboxylic acids is 2. The lowest BCUT2D eigenvalue weighted by atomic mass is 10.1. The standard InChI is InChI=1S/C19H22N2O2/c1-13(2)19(23)21-17-10-8-16(9-11-17)20-18(22)12-15-6-4-14(3)5-7-15/h4-11,13H,12H2,1-3H3,(H,20,22)(H,21,23). The van der Waals surface area contributed by atoms with E-state index in [0.717, 1.165) is 11.3 Å². The van der Waals surface area contributed by atoms with Gasteiger partial charge in [0.25, 0.3) is 0 Å². The number of aryl methyl sites for hydroxylation is 1. The molecule has 0 unspecified atom stereocenters. The maximum absolute atomic E-state index is 12.0. The van der Waals surface area contributed by atoms with Gasteiger partial charge in [-0.2, -0.15) is 0 Å². The Balaban J connectivity index is 1.91. The number of carbonyl (C=O) groups is 2. The molecule has 0 fully saturated rings. The molecule has 0 radical (unpaired) electrons. The van der Waals surface area contributed by atoms with E-state index in [1.165, 1.54) is 5.56 Å². The Hall–Kier alpha value is -2.62. The molecular formula is C19H22N2O2. The summed E-state index contributed by atoms with van der Waals surface area (Å²) in [7, 11) is 0. The highest BCUT2D eigenvalue weighted by Gasteiger charge is 2.07. The van der Waals surface area contributed by atoms with Crippen LogP contribution >= 0.6 is 0 Å². The van der Waals surface area contributed by atoms with Crippen LogP contribution in [-0.2, 0) is 16.0 Å². The largest absolute Gasteiger partial charge is 0.326 e. The van der Waals surface area contributed by atoms with Crippen LogP contribution in [0.1, 0.15) is 25.0 Å². The van der Waals surface area contributed by atoms with Crippen molar-refractivity contribution >= 4 is 23.2 Å². The highest BCUT2D eigenvalue weighted by Crippen LogP contribution is 2.15. The Bertz CT molecular complexity index is 674. The molecule has 0 bridgehead atoms. The van der Waals surface area contributed by atoms with Crippen molar-refractivity contribution in [1.82, 2.24) is 0 Å². The van der Waals surface area contributed by atoms with Crippen molar-refractivity contribution in [3.63, 3.8) is 0 Å². The minimum absolute atomic E-state index is 0.0267. The molecule has 2 aromatic carbocycles. The van der Waals surface area contributed by atoms with Crippen LogP contribution in [0.25, 0.3) is 0 Å². The van der Waals surface area contributed by atoms with Crippen molar-refractivity contribution in [1.29, 1.82) is 0 Å². The van der Waals surface area contributed by atoms with Gasteiger partial charge in [-0.25, -0.2) is 0 Å². The summed E-state index contributed by atoms with van der Waals surface area (Å²) in [4.78, 5) is 23.7. The zero-order valence-corrected chi connectivity index (χ0v) is 13.7. The van der Waals surface area contributed by atoms with E-state index in [-0.39, 0.29) is 17.7 Å². The van der Waals surface area contributed by atoms with Gasteiger partial charge in [0.2, 0.25) is 11.8 Å². The van der Waals surface area contributed by atoms with Crippen molar-refractivity contribution in [3.05, 3.63) is 59.7 Å². The zero-order chi connectivity index (χ0) is 16.8. The molecule has 2 aromatic rings. The van der Waals surface area contributed by atoms with Crippen LogP contribution in [0.4, 0.5) is 11.4 Å². The molecule has 2 amide bonds. The Labute approximate surface area is 136 Å². The third kappa shape index (κ3) is 5.25. The quantitative estimate of drug-likeness (QED) is 0.883. The summed E-state index contributed by atoms with van der Waals surface area (Å²) >= 11 is 0. The number of benzene rings is 2. The van der Waals surface area contributed by atoms with E-state index in [9.17, 15) is 9.59 Å². The number of nitrogens with one attached hydrogen (secondary N) is 2. The van der Waals surface area contributed by atoms with Crippen LogP contribution in [0.2, 0.25) is 0 Å². The Morgan fingerprint density at radius 1 is 0.870 bits per heavy atom. The zero-order valence-electron chi connectivity index (χ0n) is 13.7. The van der Waals surface area contributed by atoms with Gasteiger partial charge >= 0.3 is 0 Å². The highest BCUT2D eigenvalue weighted by molar-refractivity contribution is 5.94. The predicted molar refractivity (Wildman–Crippen MR) is 93.4 cm³/mol. The maximum atomic E-state index is 12.0. The van der Waals surface area contributed by atoms with Crippen LogP contribution < -0.4 is 10.6 Å². The van der Waals surface area contributed by atoms with E-state index in [4.69, 9.17) is 0 Å². The predicted octanol–water partition coefficient (Wildman–Crippen LogP) is 3.77. The molecule has 0 saturated heterocycles. The van der Waals surface area contributed by atoms with Gasteiger partial charge in [0.1, 0.15) is 0 Å². The summed E-state index contributed by atoms with van der Waals surface area (Å²) in [6, 6.07) is 15.0. The van der Waals surface area contributed by atoms with Crippen LogP contribution in [0, 0.1) is 12.8 Å². The molecule has 0 aliphatic rings. The summed E-state index contributed by atoms with van der Waals surface area (Å²) < 4.78 is 0. The second kappa shape index (κ2) is 7.58. The minimum atomic E-state index is -0.0658. The molecule has 0 saturated carbocycles. The average Bonchev–Trinajstić information content (AvgIpc) is 2.51. The molecular weight excluding hydrogens is 288 g/mol. The SMILES string of the molecule is Cc1ccc(CC(=O)Nc2ccc(NC(=O)C(C)C)cc2)cc1. The monoisotopic (exact) mass is 310 g/mol. The van der Waals surface area contributed by atoms with E-state index in [0.29, 0.717) is 12.1 Å². The third-order valence-corrected chi connectivity index (χ3v) is 3.45. The fraction of sp³-hybridized carbons (Fsp3) is 0.263. The van der Waals surface area contributed by atoms with Crippen molar-refractivity contribution in [2.45, 2.75) is 27.2 Å². The van der Waals surface area contributed by atoms with Gasteiger partial charge in [-0.05, 0) is 36.8 Å². The van der Waals surface area contributed by atoms with Gasteiger partial charge < -0.3 is 10.6 Å². The lowest BCUT2D eigenvalue weighted by Gasteiger charge is -2.09. The normalized spacial score (nSPS) is 10.4.